The van der Waals surface area contributed by atoms with Crippen molar-refractivity contribution in [1.29, 1.82) is 0 Å². The summed E-state index contributed by atoms with van der Waals surface area (Å²) in [6.07, 6.45) is 0.966. The topological polar surface area (TPSA) is 51.2 Å². The summed E-state index contributed by atoms with van der Waals surface area (Å²) in [4.78, 5) is 2.29. The van der Waals surface area contributed by atoms with Crippen molar-refractivity contribution < 1.29 is 19.3 Å². The maximum absolute atomic E-state index is 9.62. The molecule has 2 aliphatic heterocycles. The number of ether oxygens (including phenoxy) is 3. The van der Waals surface area contributed by atoms with Crippen LogP contribution in [0.2, 0.25) is 0 Å². The monoisotopic (exact) mass is 279 g/mol. The zero-order valence-corrected chi connectivity index (χ0v) is 12.0. The molecule has 0 radical (unpaired) electrons. The van der Waals surface area contributed by atoms with E-state index in [1.165, 1.54) is 11.1 Å². The molecule has 0 bridgehead atoms. The van der Waals surface area contributed by atoms with E-state index in [-0.39, 0.29) is 18.6 Å². The Balaban J connectivity index is 2.04. The molecule has 1 saturated heterocycles. The van der Waals surface area contributed by atoms with Gasteiger partial charge in [-0.25, -0.2) is 0 Å². The van der Waals surface area contributed by atoms with E-state index in [2.05, 4.69) is 17.0 Å². The van der Waals surface area contributed by atoms with Crippen molar-refractivity contribution in [2.24, 2.45) is 5.92 Å². The molecule has 20 heavy (non-hydrogen) atoms. The second-order valence-corrected chi connectivity index (χ2v) is 5.36. The van der Waals surface area contributed by atoms with Crippen LogP contribution >= 0.6 is 0 Å². The third-order valence-electron chi connectivity index (χ3n) is 4.30. The summed E-state index contributed by atoms with van der Waals surface area (Å²) >= 11 is 0. The fourth-order valence-corrected chi connectivity index (χ4v) is 3.29. The summed E-state index contributed by atoms with van der Waals surface area (Å²) in [5.74, 6) is 1.63. The van der Waals surface area contributed by atoms with Crippen LogP contribution in [-0.2, 0) is 11.2 Å². The van der Waals surface area contributed by atoms with Gasteiger partial charge in [-0.3, -0.25) is 4.90 Å². The number of aliphatic hydroxyl groups is 1. The van der Waals surface area contributed by atoms with E-state index in [4.69, 9.17) is 14.2 Å². The van der Waals surface area contributed by atoms with Crippen molar-refractivity contribution in [2.45, 2.75) is 12.5 Å². The molecule has 1 aromatic rings. The standard InChI is InChI=1S/C15H21NO4/c1-18-13-5-10-3-4-16-9-20-8-11(7-17)15(16)12(10)6-14(13)19-2/h5-6,11,15,17H,3-4,7-9H2,1-2H3/t11-,15-/m1/s1. The van der Waals surface area contributed by atoms with Gasteiger partial charge in [0, 0.05) is 25.1 Å². The van der Waals surface area contributed by atoms with E-state index < -0.39 is 0 Å². The summed E-state index contributed by atoms with van der Waals surface area (Å²) in [6.45, 7) is 2.32. The van der Waals surface area contributed by atoms with Crippen LogP contribution < -0.4 is 9.47 Å². The molecule has 0 aliphatic carbocycles. The minimum Gasteiger partial charge on any atom is -0.493 e. The maximum Gasteiger partial charge on any atom is 0.161 e. The lowest BCUT2D eigenvalue weighted by Gasteiger charge is -2.44. The molecule has 5 heteroatoms. The van der Waals surface area contributed by atoms with E-state index in [0.29, 0.717) is 13.3 Å². The quantitative estimate of drug-likeness (QED) is 0.901. The number of hydrogen-bond acceptors (Lipinski definition) is 5. The van der Waals surface area contributed by atoms with Gasteiger partial charge in [0.25, 0.3) is 0 Å². The number of benzene rings is 1. The molecule has 5 nitrogen and oxygen atoms in total. The summed E-state index contributed by atoms with van der Waals surface area (Å²) in [7, 11) is 3.31. The summed E-state index contributed by atoms with van der Waals surface area (Å²) in [5.41, 5.74) is 2.51. The maximum atomic E-state index is 9.62. The summed E-state index contributed by atoms with van der Waals surface area (Å²) in [6, 6.07) is 4.33. The summed E-state index contributed by atoms with van der Waals surface area (Å²) < 4.78 is 16.4. The predicted molar refractivity (Wildman–Crippen MR) is 74.1 cm³/mol. The second-order valence-electron chi connectivity index (χ2n) is 5.36. The molecule has 1 fully saturated rings. The Labute approximate surface area is 119 Å². The number of aliphatic hydroxyl groups excluding tert-OH is 1. The van der Waals surface area contributed by atoms with E-state index in [1.54, 1.807) is 14.2 Å². The van der Waals surface area contributed by atoms with Gasteiger partial charge in [-0.1, -0.05) is 0 Å². The molecule has 2 aliphatic rings. The van der Waals surface area contributed by atoms with Crippen LogP contribution in [0, 0.1) is 5.92 Å². The fraction of sp³-hybridized carbons (Fsp3) is 0.600. The normalized spacial score (nSPS) is 25.8. The van der Waals surface area contributed by atoms with E-state index in [9.17, 15) is 5.11 Å². The Bertz CT molecular complexity index is 491. The van der Waals surface area contributed by atoms with Gasteiger partial charge >= 0.3 is 0 Å². The Morgan fingerprint density at radius 1 is 1.30 bits per heavy atom. The SMILES string of the molecule is COc1cc2c(cc1OC)[C@H]1[C@H](CO)COCN1CC2. The van der Waals surface area contributed by atoms with E-state index in [1.807, 2.05) is 0 Å². The number of hydrogen-bond donors (Lipinski definition) is 1. The van der Waals surface area contributed by atoms with E-state index >= 15 is 0 Å². The van der Waals surface area contributed by atoms with Gasteiger partial charge in [0.15, 0.2) is 11.5 Å². The third-order valence-corrected chi connectivity index (χ3v) is 4.30. The highest BCUT2D eigenvalue weighted by Gasteiger charge is 2.37. The molecular formula is C15H21NO4. The first kappa shape index (κ1) is 13.7. The van der Waals surface area contributed by atoms with Crippen LogP contribution in [0.5, 0.6) is 11.5 Å². The Morgan fingerprint density at radius 2 is 2.05 bits per heavy atom. The van der Waals surface area contributed by atoms with Gasteiger partial charge in [0.2, 0.25) is 0 Å². The lowest BCUT2D eigenvalue weighted by atomic mass is 9.84. The highest BCUT2D eigenvalue weighted by molar-refractivity contribution is 5.49. The minimum absolute atomic E-state index is 0.112. The number of methoxy groups -OCH3 is 2. The molecule has 2 atom stereocenters. The zero-order chi connectivity index (χ0) is 14.1. The number of nitrogens with zero attached hydrogens (tertiary/aromatic N) is 1. The molecule has 0 amide bonds. The Hall–Kier alpha value is -1.30. The molecule has 1 N–H and O–H groups in total. The van der Waals surface area contributed by atoms with Gasteiger partial charge < -0.3 is 19.3 Å². The van der Waals surface area contributed by atoms with Crippen LogP contribution in [0.1, 0.15) is 17.2 Å². The summed E-state index contributed by atoms with van der Waals surface area (Å²) in [5, 5.41) is 9.62. The zero-order valence-electron chi connectivity index (χ0n) is 12.0. The first-order valence-electron chi connectivity index (χ1n) is 6.96. The highest BCUT2D eigenvalue weighted by atomic mass is 16.5. The average molecular weight is 279 g/mol. The van der Waals surface area contributed by atoms with Crippen molar-refractivity contribution in [3.8, 4) is 11.5 Å². The molecular weight excluding hydrogens is 258 g/mol. The molecule has 3 rings (SSSR count). The first-order chi connectivity index (χ1) is 9.78. The number of rotatable bonds is 3. The van der Waals surface area contributed by atoms with Crippen LogP contribution in [0.3, 0.4) is 0 Å². The van der Waals surface area contributed by atoms with Crippen molar-refractivity contribution >= 4 is 0 Å². The van der Waals surface area contributed by atoms with Gasteiger partial charge in [-0.2, -0.15) is 0 Å². The molecule has 0 spiro atoms. The molecule has 110 valence electrons. The van der Waals surface area contributed by atoms with Crippen molar-refractivity contribution in [3.63, 3.8) is 0 Å². The van der Waals surface area contributed by atoms with Gasteiger partial charge in [-0.15, -0.1) is 0 Å². The van der Waals surface area contributed by atoms with Crippen LogP contribution in [0.4, 0.5) is 0 Å². The van der Waals surface area contributed by atoms with Crippen LogP contribution in [0.25, 0.3) is 0 Å². The second kappa shape index (κ2) is 5.60. The highest BCUT2D eigenvalue weighted by Crippen LogP contribution is 2.42. The van der Waals surface area contributed by atoms with E-state index in [0.717, 1.165) is 24.5 Å². The molecule has 1 aromatic carbocycles. The minimum atomic E-state index is 0.112. The number of fused-ring (bicyclic) bond motifs is 3. The predicted octanol–water partition coefficient (Wildman–Crippen LogP) is 1.20. The van der Waals surface area contributed by atoms with Gasteiger partial charge in [0.1, 0.15) is 0 Å². The van der Waals surface area contributed by atoms with Crippen molar-refractivity contribution in [1.82, 2.24) is 4.90 Å². The van der Waals surface area contributed by atoms with Crippen LogP contribution in [0.15, 0.2) is 12.1 Å². The molecule has 0 aromatic heterocycles. The van der Waals surface area contributed by atoms with Crippen LogP contribution in [-0.4, -0.2) is 50.7 Å². The smallest absolute Gasteiger partial charge is 0.161 e. The average Bonchev–Trinajstić information content (AvgIpc) is 2.52. The van der Waals surface area contributed by atoms with Crippen molar-refractivity contribution in [2.75, 3.05) is 40.7 Å². The van der Waals surface area contributed by atoms with Crippen molar-refractivity contribution in [3.05, 3.63) is 23.3 Å². The Morgan fingerprint density at radius 3 is 2.75 bits per heavy atom. The molecule has 0 unspecified atom stereocenters. The lowest BCUT2D eigenvalue weighted by molar-refractivity contribution is -0.100. The largest absolute Gasteiger partial charge is 0.493 e. The first-order valence-corrected chi connectivity index (χ1v) is 6.96. The molecule has 0 saturated carbocycles. The van der Waals surface area contributed by atoms with Gasteiger partial charge in [0.05, 0.1) is 27.6 Å². The van der Waals surface area contributed by atoms with Gasteiger partial charge in [-0.05, 0) is 29.7 Å². The molecule has 2 heterocycles. The third kappa shape index (κ3) is 2.16. The Kier molecular flexibility index (Phi) is 3.83. The fourth-order valence-electron chi connectivity index (χ4n) is 3.29. The lowest BCUT2D eigenvalue weighted by Crippen LogP contribution is -2.47.